The van der Waals surface area contributed by atoms with E-state index in [1.54, 1.807) is 0 Å². The minimum Gasteiger partial charge on any atom is -0.378 e. The van der Waals surface area contributed by atoms with Crippen LogP contribution in [0.5, 0.6) is 0 Å². The van der Waals surface area contributed by atoms with Crippen LogP contribution in [0.1, 0.15) is 5.56 Å². The van der Waals surface area contributed by atoms with E-state index in [1.807, 2.05) is 0 Å². The molecule has 1 aromatic heterocycles. The molecule has 2 N–H and O–H groups in total. The smallest absolute Gasteiger partial charge is 0.239 e. The molecule has 0 bridgehead atoms. The lowest BCUT2D eigenvalue weighted by molar-refractivity contribution is 0.122. The van der Waals surface area contributed by atoms with E-state index >= 15 is 8.78 Å². The molecule has 31 heavy (non-hydrogen) atoms. The highest BCUT2D eigenvalue weighted by Gasteiger charge is 2.38. The zero-order valence-electron chi connectivity index (χ0n) is 16.3. The third kappa shape index (κ3) is 4.22. The number of sulfone groups is 1. The van der Waals surface area contributed by atoms with Crippen LogP contribution in [-0.4, -0.2) is 60.4 Å². The summed E-state index contributed by atoms with van der Waals surface area (Å²) in [7, 11) is -7.93. The third-order valence-electron chi connectivity index (χ3n) is 5.20. The second-order valence-electron chi connectivity index (χ2n) is 7.25. The van der Waals surface area contributed by atoms with E-state index < -0.39 is 48.0 Å². The van der Waals surface area contributed by atoms with E-state index in [1.165, 1.54) is 34.1 Å². The summed E-state index contributed by atoms with van der Waals surface area (Å²) in [5.74, 6) is -2.89. The van der Waals surface area contributed by atoms with E-state index in [4.69, 9.17) is 9.88 Å². The van der Waals surface area contributed by atoms with Crippen LogP contribution in [0, 0.1) is 11.8 Å². The predicted octanol–water partition coefficient (Wildman–Crippen LogP) is 0.638. The number of nitrogens with two attached hydrogens (primary N) is 1. The highest BCUT2D eigenvalue weighted by Crippen LogP contribution is 2.38. The van der Waals surface area contributed by atoms with Crippen LogP contribution in [0.25, 0.3) is 0 Å². The molecule has 0 amide bonds. The molecule has 1 saturated heterocycles. The number of nitrogens with zero attached hydrogens (tertiary/aromatic N) is 3. The van der Waals surface area contributed by atoms with E-state index in [0.717, 1.165) is 0 Å². The number of sulfonamides is 1. The van der Waals surface area contributed by atoms with E-state index in [-0.39, 0.29) is 36.9 Å². The number of ether oxygens (including phenoxy) is 1. The Bertz CT molecular complexity index is 1210. The van der Waals surface area contributed by atoms with Crippen molar-refractivity contribution in [3.05, 3.63) is 41.6 Å². The highest BCUT2D eigenvalue weighted by molar-refractivity contribution is 7.91. The molecule has 4 rings (SSSR count). The Hall–Kier alpha value is -2.35. The quantitative estimate of drug-likeness (QED) is 0.641. The Kier molecular flexibility index (Phi) is 5.62. The first-order valence-electron chi connectivity index (χ1n) is 9.39. The van der Waals surface area contributed by atoms with Gasteiger partial charge in [0.15, 0.2) is 21.5 Å². The molecule has 13 heteroatoms. The van der Waals surface area contributed by atoms with Gasteiger partial charge >= 0.3 is 0 Å². The monoisotopic (exact) mass is 474 g/mol. The zero-order chi connectivity index (χ0) is 22.4. The van der Waals surface area contributed by atoms with Gasteiger partial charge in [-0.3, -0.25) is 0 Å². The number of hydrogen-bond donors (Lipinski definition) is 1. The van der Waals surface area contributed by atoms with Crippen molar-refractivity contribution >= 4 is 31.4 Å². The molecular weight excluding hydrogens is 454 g/mol. The van der Waals surface area contributed by atoms with Gasteiger partial charge in [-0.2, -0.15) is 9.37 Å². The van der Waals surface area contributed by atoms with Crippen molar-refractivity contribution in [1.29, 1.82) is 0 Å². The number of hydrogen-bond acceptors (Lipinski definition) is 8. The molecule has 0 saturated carbocycles. The number of primary sulfonamides is 1. The number of anilines is 2. The average Bonchev–Trinajstić information content (AvgIpc) is 2.72. The molecule has 2 aliphatic heterocycles. The third-order valence-corrected chi connectivity index (χ3v) is 7.85. The second kappa shape index (κ2) is 7.97. The minimum absolute atomic E-state index is 0.0301. The molecule has 2 aromatic rings. The average molecular weight is 475 g/mol. The summed E-state index contributed by atoms with van der Waals surface area (Å²) < 4.78 is 83.7. The van der Waals surface area contributed by atoms with Crippen LogP contribution in [0.15, 0.2) is 34.1 Å². The van der Waals surface area contributed by atoms with Crippen LogP contribution in [-0.2, 0) is 31.1 Å². The van der Waals surface area contributed by atoms with Crippen molar-refractivity contribution in [1.82, 2.24) is 4.98 Å². The Morgan fingerprint density at radius 1 is 1.10 bits per heavy atom. The van der Waals surface area contributed by atoms with Gasteiger partial charge in [0.05, 0.1) is 23.9 Å². The fraction of sp³-hybridized carbons (Fsp3) is 0.389. The van der Waals surface area contributed by atoms with Gasteiger partial charge in [-0.15, -0.1) is 0 Å². The molecule has 1 fully saturated rings. The maximum absolute atomic E-state index is 15.3. The molecule has 1 aromatic carbocycles. The summed E-state index contributed by atoms with van der Waals surface area (Å²) in [6.07, 6.45) is 0. The fourth-order valence-corrected chi connectivity index (χ4v) is 5.70. The summed E-state index contributed by atoms with van der Waals surface area (Å²) in [4.78, 5) is 5.80. The fourth-order valence-electron chi connectivity index (χ4n) is 3.64. The van der Waals surface area contributed by atoms with E-state index in [0.29, 0.717) is 18.8 Å². The summed E-state index contributed by atoms with van der Waals surface area (Å²) in [5, 5.41) is 5.08. The SMILES string of the molecule is NS(=O)(=O)c1ccc(CN2CCS(=O)(=O)c3c(F)c(N4CCOCC4)nc(F)c32)cc1. The molecule has 0 atom stereocenters. The van der Waals surface area contributed by atoms with Crippen molar-refractivity contribution in [3.63, 3.8) is 0 Å². The minimum atomic E-state index is -4.06. The molecule has 3 heterocycles. The number of fused-ring (bicyclic) bond motifs is 1. The van der Waals surface area contributed by atoms with Crippen molar-refractivity contribution in [2.75, 3.05) is 48.4 Å². The molecule has 0 aliphatic carbocycles. The largest absolute Gasteiger partial charge is 0.378 e. The van der Waals surface area contributed by atoms with Crippen molar-refractivity contribution < 1.29 is 30.4 Å². The van der Waals surface area contributed by atoms with Crippen LogP contribution in [0.4, 0.5) is 20.3 Å². The van der Waals surface area contributed by atoms with Gasteiger partial charge in [0.2, 0.25) is 16.0 Å². The summed E-state index contributed by atoms with van der Waals surface area (Å²) >= 11 is 0. The van der Waals surface area contributed by atoms with Crippen molar-refractivity contribution in [2.45, 2.75) is 16.3 Å². The number of aromatic nitrogens is 1. The zero-order valence-corrected chi connectivity index (χ0v) is 17.9. The molecule has 9 nitrogen and oxygen atoms in total. The maximum atomic E-state index is 15.3. The molecular formula is C18H20F2N4O5S2. The number of pyridine rings is 1. The van der Waals surface area contributed by atoms with Crippen LogP contribution < -0.4 is 14.9 Å². The Labute approximate surface area is 178 Å². The Morgan fingerprint density at radius 2 is 1.74 bits per heavy atom. The lowest BCUT2D eigenvalue weighted by atomic mass is 10.2. The first-order chi connectivity index (χ1) is 14.6. The predicted molar refractivity (Wildman–Crippen MR) is 108 cm³/mol. The number of morpholine rings is 1. The summed E-state index contributed by atoms with van der Waals surface area (Å²) in [5.41, 5.74) is 0.144. The molecule has 168 valence electrons. The topological polar surface area (TPSA) is 123 Å². The number of halogens is 2. The maximum Gasteiger partial charge on any atom is 0.239 e. The number of benzene rings is 1. The van der Waals surface area contributed by atoms with Gasteiger partial charge < -0.3 is 14.5 Å². The first-order valence-corrected chi connectivity index (χ1v) is 12.6. The van der Waals surface area contributed by atoms with Gasteiger partial charge in [0.25, 0.3) is 0 Å². The first kappa shape index (κ1) is 21.9. The van der Waals surface area contributed by atoms with Gasteiger partial charge in [0, 0.05) is 26.2 Å². The lowest BCUT2D eigenvalue weighted by Gasteiger charge is -2.33. The molecule has 0 radical (unpaired) electrons. The van der Waals surface area contributed by atoms with Crippen molar-refractivity contribution in [2.24, 2.45) is 5.14 Å². The van der Waals surface area contributed by atoms with Crippen molar-refractivity contribution in [3.8, 4) is 0 Å². The van der Waals surface area contributed by atoms with Gasteiger partial charge in [-0.25, -0.2) is 26.4 Å². The van der Waals surface area contributed by atoms with Crippen LogP contribution in [0.3, 0.4) is 0 Å². The molecule has 2 aliphatic rings. The van der Waals surface area contributed by atoms with E-state index in [2.05, 4.69) is 4.98 Å². The Morgan fingerprint density at radius 3 is 2.35 bits per heavy atom. The Balaban J connectivity index is 1.73. The summed E-state index contributed by atoms with van der Waals surface area (Å²) in [6.45, 7) is 1.09. The normalized spacial score (nSPS) is 18.7. The van der Waals surface area contributed by atoms with Gasteiger partial charge in [-0.1, -0.05) is 12.1 Å². The molecule has 0 spiro atoms. The standard InChI is InChI=1S/C18H20F2N4O5S2/c19-14-16-15(17(20)22-18(14)23-5-8-29-9-6-23)24(7-10-30(16,25)26)11-12-1-3-13(4-2-12)31(21,27)28/h1-4H,5-11H2,(H2,21,27,28). The lowest BCUT2D eigenvalue weighted by Crippen LogP contribution is -2.40. The molecule has 0 unspecified atom stereocenters. The second-order valence-corrected chi connectivity index (χ2v) is 10.9. The summed E-state index contributed by atoms with van der Waals surface area (Å²) in [6, 6.07) is 5.55. The highest BCUT2D eigenvalue weighted by atomic mass is 32.2. The van der Waals surface area contributed by atoms with E-state index in [9.17, 15) is 16.8 Å². The van der Waals surface area contributed by atoms with Crippen LogP contribution in [0.2, 0.25) is 0 Å². The van der Waals surface area contributed by atoms with Gasteiger partial charge in [-0.05, 0) is 17.7 Å². The number of rotatable bonds is 4. The van der Waals surface area contributed by atoms with Gasteiger partial charge in [0.1, 0.15) is 10.6 Å². The van der Waals surface area contributed by atoms with Crippen LogP contribution >= 0.6 is 0 Å².